The van der Waals surface area contributed by atoms with Crippen LogP contribution in [0.4, 0.5) is 0 Å². The van der Waals surface area contributed by atoms with Crippen LogP contribution in [0.1, 0.15) is 96.5 Å². The summed E-state index contributed by atoms with van der Waals surface area (Å²) in [4.78, 5) is 0.132. The molecule has 0 N–H and O–H groups in total. The highest BCUT2D eigenvalue weighted by atomic mass is 32.2. The molecule has 0 radical (unpaired) electrons. The lowest BCUT2D eigenvalue weighted by atomic mass is 9.94. The summed E-state index contributed by atoms with van der Waals surface area (Å²) in [6, 6.07) is 6.65. The minimum atomic E-state index is -3.95. The van der Waals surface area contributed by atoms with Gasteiger partial charge in [0.1, 0.15) is 24.4 Å². The Morgan fingerprint density at radius 3 is 2.33 bits per heavy atom. The second-order valence-electron chi connectivity index (χ2n) is 10.7. The summed E-state index contributed by atoms with van der Waals surface area (Å²) in [6.45, 7) is 6.44. The van der Waals surface area contributed by atoms with E-state index < -0.39 is 40.5 Å². The van der Waals surface area contributed by atoms with Crippen molar-refractivity contribution in [2.45, 2.75) is 139 Å². The zero-order valence-corrected chi connectivity index (χ0v) is 23.0. The molecule has 1 aromatic rings. The van der Waals surface area contributed by atoms with E-state index in [0.29, 0.717) is 6.61 Å². The first-order chi connectivity index (χ1) is 17.3. The largest absolute Gasteiger partial charge is 0.372 e. The Labute approximate surface area is 217 Å². The van der Waals surface area contributed by atoms with Crippen LogP contribution in [0, 0.1) is 6.92 Å². The number of fused-ring (bicyclic) bond motifs is 1. The highest BCUT2D eigenvalue weighted by Gasteiger charge is 2.59. The first-order valence-electron chi connectivity index (χ1n) is 14.0. The Kier molecular flexibility index (Phi) is 9.86. The van der Waals surface area contributed by atoms with E-state index in [1.54, 1.807) is 31.2 Å². The number of benzene rings is 1. The van der Waals surface area contributed by atoms with Crippen LogP contribution in [-0.2, 0) is 33.2 Å². The predicted molar refractivity (Wildman–Crippen MR) is 137 cm³/mol. The first kappa shape index (κ1) is 28.0. The van der Waals surface area contributed by atoms with E-state index in [1.165, 1.54) is 38.5 Å². The molecular formula is C28H44O7S. The SMILES string of the molecule is CCCCCCCCCO[C@@H]1[C@H]2OC3(CCCCC3)O[C@H]2O[C@@H]1[C@@H](C)OS(=O)(=O)c1ccc(C)cc1. The first-order valence-corrected chi connectivity index (χ1v) is 15.4. The average Bonchev–Trinajstić information content (AvgIpc) is 3.35. The van der Waals surface area contributed by atoms with Gasteiger partial charge < -0.3 is 18.9 Å². The van der Waals surface area contributed by atoms with Crippen molar-refractivity contribution in [3.05, 3.63) is 29.8 Å². The van der Waals surface area contributed by atoms with Gasteiger partial charge in [-0.1, -0.05) is 69.6 Å². The van der Waals surface area contributed by atoms with Crippen molar-refractivity contribution >= 4 is 10.1 Å². The lowest BCUT2D eigenvalue weighted by Crippen LogP contribution is -2.44. The summed E-state index contributed by atoms with van der Waals surface area (Å²) >= 11 is 0. The Balaban J connectivity index is 1.38. The number of rotatable bonds is 13. The molecule has 5 atom stereocenters. The third-order valence-corrected chi connectivity index (χ3v) is 9.02. The highest BCUT2D eigenvalue weighted by Crippen LogP contribution is 2.46. The molecule has 3 fully saturated rings. The van der Waals surface area contributed by atoms with E-state index >= 15 is 0 Å². The van der Waals surface area contributed by atoms with Gasteiger partial charge in [0.2, 0.25) is 0 Å². The summed E-state index contributed by atoms with van der Waals surface area (Å²) in [5.74, 6) is -0.600. The number of hydrogen-bond donors (Lipinski definition) is 0. The number of unbranched alkanes of at least 4 members (excludes halogenated alkanes) is 6. The molecule has 0 aromatic heterocycles. The van der Waals surface area contributed by atoms with Gasteiger partial charge in [0.15, 0.2) is 12.1 Å². The molecule has 36 heavy (non-hydrogen) atoms. The second kappa shape index (κ2) is 12.7. The van der Waals surface area contributed by atoms with E-state index in [4.69, 9.17) is 23.1 Å². The molecule has 1 aliphatic carbocycles. The van der Waals surface area contributed by atoms with E-state index in [0.717, 1.165) is 44.1 Å². The normalized spacial score (nSPS) is 28.4. The van der Waals surface area contributed by atoms with Crippen LogP contribution in [0.2, 0.25) is 0 Å². The summed E-state index contributed by atoms with van der Waals surface area (Å²) in [7, 11) is -3.95. The van der Waals surface area contributed by atoms with E-state index in [2.05, 4.69) is 6.92 Å². The molecule has 1 spiro atoms. The van der Waals surface area contributed by atoms with Gasteiger partial charge in [-0.3, -0.25) is 4.18 Å². The van der Waals surface area contributed by atoms with Crippen molar-refractivity contribution in [2.24, 2.45) is 0 Å². The van der Waals surface area contributed by atoms with E-state index in [-0.39, 0.29) is 11.0 Å². The van der Waals surface area contributed by atoms with Crippen LogP contribution in [0.5, 0.6) is 0 Å². The fraction of sp³-hybridized carbons (Fsp3) is 0.786. The third kappa shape index (κ3) is 6.88. The molecule has 2 aliphatic heterocycles. The highest BCUT2D eigenvalue weighted by molar-refractivity contribution is 7.86. The van der Waals surface area contributed by atoms with Gasteiger partial charge in [0.05, 0.1) is 4.90 Å². The monoisotopic (exact) mass is 524 g/mol. The Hall–Kier alpha value is -1.03. The van der Waals surface area contributed by atoms with Crippen LogP contribution in [0.15, 0.2) is 29.2 Å². The summed E-state index contributed by atoms with van der Waals surface area (Å²) in [5, 5.41) is 0. The van der Waals surface area contributed by atoms with E-state index in [1.807, 2.05) is 6.92 Å². The Morgan fingerprint density at radius 1 is 0.972 bits per heavy atom. The van der Waals surface area contributed by atoms with E-state index in [9.17, 15) is 8.42 Å². The molecule has 0 unspecified atom stereocenters. The predicted octanol–water partition coefficient (Wildman–Crippen LogP) is 6.03. The van der Waals surface area contributed by atoms with Crippen molar-refractivity contribution in [3.63, 3.8) is 0 Å². The zero-order valence-electron chi connectivity index (χ0n) is 22.2. The minimum Gasteiger partial charge on any atom is -0.372 e. The fourth-order valence-electron chi connectivity index (χ4n) is 5.54. The molecule has 8 heteroatoms. The standard InChI is InChI=1S/C28H44O7S/c1-4-5-6-7-8-9-13-20-31-25-24(22(3)35-36(29,30)23-16-14-21(2)15-17-23)32-27-26(25)33-28(34-27)18-11-10-12-19-28/h14-17,22,24-27H,4-13,18-20H2,1-3H3/t22-,24-,25+,26-,27-/m1/s1. The van der Waals surface area contributed by atoms with Crippen LogP contribution in [-0.4, -0.2) is 51.5 Å². The van der Waals surface area contributed by atoms with Gasteiger partial charge in [0, 0.05) is 19.4 Å². The van der Waals surface area contributed by atoms with Crippen molar-refractivity contribution in [1.29, 1.82) is 0 Å². The maximum Gasteiger partial charge on any atom is 0.297 e. The van der Waals surface area contributed by atoms with Crippen LogP contribution < -0.4 is 0 Å². The van der Waals surface area contributed by atoms with Crippen molar-refractivity contribution < 1.29 is 31.5 Å². The zero-order chi connectivity index (χ0) is 25.6. The average molecular weight is 525 g/mol. The maximum absolute atomic E-state index is 12.9. The fourth-order valence-corrected chi connectivity index (χ4v) is 6.63. The summed E-state index contributed by atoms with van der Waals surface area (Å²) < 4.78 is 56.9. The van der Waals surface area contributed by atoms with Gasteiger partial charge in [-0.15, -0.1) is 0 Å². The molecule has 3 aliphatic rings. The van der Waals surface area contributed by atoms with Crippen LogP contribution in [0.3, 0.4) is 0 Å². The Bertz CT molecular complexity index is 910. The summed E-state index contributed by atoms with van der Waals surface area (Å²) in [5.41, 5.74) is 0.985. The molecule has 2 heterocycles. The molecule has 2 saturated heterocycles. The van der Waals surface area contributed by atoms with Gasteiger partial charge in [-0.2, -0.15) is 8.42 Å². The molecule has 7 nitrogen and oxygen atoms in total. The molecule has 0 bridgehead atoms. The van der Waals surface area contributed by atoms with Gasteiger partial charge >= 0.3 is 0 Å². The smallest absolute Gasteiger partial charge is 0.297 e. The van der Waals surface area contributed by atoms with Crippen molar-refractivity contribution in [1.82, 2.24) is 0 Å². The summed E-state index contributed by atoms with van der Waals surface area (Å²) in [6.07, 6.45) is 10.6. The van der Waals surface area contributed by atoms with Gasteiger partial charge in [0.25, 0.3) is 10.1 Å². The molecule has 4 rings (SSSR count). The molecule has 1 saturated carbocycles. The van der Waals surface area contributed by atoms with Crippen LogP contribution >= 0.6 is 0 Å². The molecule has 204 valence electrons. The van der Waals surface area contributed by atoms with Crippen LogP contribution in [0.25, 0.3) is 0 Å². The maximum atomic E-state index is 12.9. The lowest BCUT2D eigenvalue weighted by Gasteiger charge is -2.35. The molecule has 0 amide bonds. The third-order valence-electron chi connectivity index (χ3n) is 7.61. The second-order valence-corrected chi connectivity index (χ2v) is 12.2. The topological polar surface area (TPSA) is 80.3 Å². The van der Waals surface area contributed by atoms with Gasteiger partial charge in [-0.05, 0) is 45.2 Å². The van der Waals surface area contributed by atoms with Crippen molar-refractivity contribution in [3.8, 4) is 0 Å². The molecular weight excluding hydrogens is 480 g/mol. The minimum absolute atomic E-state index is 0.132. The number of hydrogen-bond acceptors (Lipinski definition) is 7. The van der Waals surface area contributed by atoms with Gasteiger partial charge in [-0.25, -0.2) is 0 Å². The quantitative estimate of drug-likeness (QED) is 0.230. The van der Waals surface area contributed by atoms with Crippen molar-refractivity contribution in [2.75, 3.05) is 6.61 Å². The number of aryl methyl sites for hydroxylation is 1. The lowest BCUT2D eigenvalue weighted by molar-refractivity contribution is -0.254. The molecule has 1 aromatic carbocycles. The Morgan fingerprint density at radius 2 is 1.64 bits per heavy atom. The number of ether oxygens (including phenoxy) is 4.